The summed E-state index contributed by atoms with van der Waals surface area (Å²) in [5, 5.41) is 34.8. The number of hydrogen-bond acceptors (Lipinski definition) is 8. The van der Waals surface area contributed by atoms with Crippen molar-refractivity contribution in [2.45, 2.75) is 18.0 Å². The summed E-state index contributed by atoms with van der Waals surface area (Å²) >= 11 is 0. The minimum absolute atomic E-state index is 0.0172. The number of carboxylic acids is 2. The fraction of sp³-hybridized carbons (Fsp3) is 0.214. The van der Waals surface area contributed by atoms with Crippen molar-refractivity contribution < 1.29 is 39.1 Å². The number of methoxy groups -OCH3 is 1. The first-order chi connectivity index (χ1) is 19.1. The zero-order valence-corrected chi connectivity index (χ0v) is 21.0. The average molecular weight is 546 g/mol. The number of hydrogen-bond donors (Lipinski definition) is 3. The standard InChI is InChI=1S/C28H23N3O9/c1-40-18-11-12-19(20(13-18)31(38)39)30-24(32)21-22(25(30)33)28(27(36)37,14-15-5-3-2-4-6-15)29-23(21)16-7-9-17(10-8-16)26(34)35/h2-13,21-23,29H,14H2,1H3,(H,34,35)(H,36,37)/t21-,22-,23-,28-/m0/s1. The minimum Gasteiger partial charge on any atom is -0.496 e. The molecule has 2 fully saturated rings. The van der Waals surface area contributed by atoms with Gasteiger partial charge >= 0.3 is 11.9 Å². The molecule has 0 radical (unpaired) electrons. The molecule has 12 heteroatoms. The third-order valence-electron chi connectivity index (χ3n) is 7.50. The van der Waals surface area contributed by atoms with Gasteiger partial charge in [0.15, 0.2) is 0 Å². The van der Waals surface area contributed by atoms with Gasteiger partial charge in [0.2, 0.25) is 11.8 Å². The number of nitrogens with zero attached hydrogens (tertiary/aromatic N) is 2. The monoisotopic (exact) mass is 545 g/mol. The highest BCUT2D eigenvalue weighted by atomic mass is 16.6. The number of rotatable bonds is 8. The van der Waals surface area contributed by atoms with E-state index in [4.69, 9.17) is 4.74 Å². The van der Waals surface area contributed by atoms with Gasteiger partial charge in [-0.25, -0.2) is 9.69 Å². The number of aromatic carboxylic acids is 1. The Labute approximate surface area is 226 Å². The molecule has 5 rings (SSSR count). The van der Waals surface area contributed by atoms with E-state index in [2.05, 4.69) is 5.32 Å². The second kappa shape index (κ2) is 9.89. The minimum atomic E-state index is -1.95. The maximum absolute atomic E-state index is 14.0. The molecular formula is C28H23N3O9. The van der Waals surface area contributed by atoms with Gasteiger partial charge in [-0.1, -0.05) is 42.5 Å². The quantitative estimate of drug-likeness (QED) is 0.217. The Hall–Kier alpha value is -5.10. The highest BCUT2D eigenvalue weighted by Gasteiger charge is 2.69. The average Bonchev–Trinajstić information content (AvgIpc) is 3.42. The van der Waals surface area contributed by atoms with Crippen LogP contribution in [-0.2, 0) is 20.8 Å². The second-order valence-electron chi connectivity index (χ2n) is 9.62. The Morgan fingerprint density at radius 2 is 1.70 bits per heavy atom. The van der Waals surface area contributed by atoms with E-state index in [-0.39, 0.29) is 23.4 Å². The predicted molar refractivity (Wildman–Crippen MR) is 139 cm³/mol. The van der Waals surface area contributed by atoms with E-state index < -0.39 is 57.8 Å². The second-order valence-corrected chi connectivity index (χ2v) is 9.62. The van der Waals surface area contributed by atoms with Crippen LogP contribution in [0.1, 0.15) is 27.5 Å². The van der Waals surface area contributed by atoms with E-state index in [1.165, 1.54) is 43.5 Å². The van der Waals surface area contributed by atoms with E-state index >= 15 is 0 Å². The summed E-state index contributed by atoms with van der Waals surface area (Å²) < 4.78 is 5.06. The highest BCUT2D eigenvalue weighted by Crippen LogP contribution is 2.52. The molecule has 204 valence electrons. The van der Waals surface area contributed by atoms with Gasteiger partial charge in [-0.2, -0.15) is 0 Å². The predicted octanol–water partition coefficient (Wildman–Crippen LogP) is 2.82. The number of nitro benzene ring substituents is 1. The molecular weight excluding hydrogens is 522 g/mol. The van der Waals surface area contributed by atoms with Crippen LogP contribution in [0.3, 0.4) is 0 Å². The highest BCUT2D eigenvalue weighted by molar-refractivity contribution is 6.25. The summed E-state index contributed by atoms with van der Waals surface area (Å²) in [5.41, 5.74) is -1.84. The lowest BCUT2D eigenvalue weighted by Gasteiger charge is -2.31. The van der Waals surface area contributed by atoms with Crippen LogP contribution in [0.5, 0.6) is 5.75 Å². The summed E-state index contributed by atoms with van der Waals surface area (Å²) in [6.07, 6.45) is -0.161. The van der Waals surface area contributed by atoms with Crippen molar-refractivity contribution in [3.05, 3.63) is 99.6 Å². The van der Waals surface area contributed by atoms with Crippen molar-refractivity contribution in [2.75, 3.05) is 12.0 Å². The Morgan fingerprint density at radius 1 is 1.02 bits per heavy atom. The van der Waals surface area contributed by atoms with Crippen LogP contribution in [0.25, 0.3) is 0 Å². The fourth-order valence-corrected chi connectivity index (χ4v) is 5.68. The van der Waals surface area contributed by atoms with Gasteiger partial charge in [0, 0.05) is 12.5 Å². The zero-order chi connectivity index (χ0) is 28.8. The van der Waals surface area contributed by atoms with Crippen molar-refractivity contribution >= 4 is 35.1 Å². The first-order valence-corrected chi connectivity index (χ1v) is 12.2. The third-order valence-corrected chi connectivity index (χ3v) is 7.50. The lowest BCUT2D eigenvalue weighted by Crippen LogP contribution is -2.57. The van der Waals surface area contributed by atoms with E-state index in [1.807, 2.05) is 0 Å². The topological polar surface area (TPSA) is 176 Å². The van der Waals surface area contributed by atoms with Gasteiger partial charge in [-0.05, 0) is 35.4 Å². The van der Waals surface area contributed by atoms with Gasteiger partial charge in [0.1, 0.15) is 17.0 Å². The van der Waals surface area contributed by atoms with Crippen LogP contribution >= 0.6 is 0 Å². The molecule has 3 N–H and O–H groups in total. The van der Waals surface area contributed by atoms with Gasteiger partial charge in [-0.3, -0.25) is 29.8 Å². The van der Waals surface area contributed by atoms with Crippen LogP contribution in [0, 0.1) is 22.0 Å². The molecule has 0 spiro atoms. The van der Waals surface area contributed by atoms with Gasteiger partial charge in [0.05, 0.1) is 35.5 Å². The first-order valence-electron chi connectivity index (χ1n) is 12.2. The van der Waals surface area contributed by atoms with Crippen LogP contribution in [0.4, 0.5) is 11.4 Å². The summed E-state index contributed by atoms with van der Waals surface area (Å²) in [6.45, 7) is 0. The molecule has 0 unspecified atom stereocenters. The van der Waals surface area contributed by atoms with Crippen LogP contribution in [0.2, 0.25) is 0 Å². The number of amides is 2. The molecule has 40 heavy (non-hydrogen) atoms. The van der Waals surface area contributed by atoms with Crippen molar-refractivity contribution in [3.63, 3.8) is 0 Å². The van der Waals surface area contributed by atoms with Gasteiger partial charge < -0.3 is 14.9 Å². The molecule has 0 aromatic heterocycles. The zero-order valence-electron chi connectivity index (χ0n) is 21.0. The van der Waals surface area contributed by atoms with Crippen molar-refractivity contribution in [3.8, 4) is 5.75 Å². The van der Waals surface area contributed by atoms with Gasteiger partial charge in [0.25, 0.3) is 5.69 Å². The maximum atomic E-state index is 14.0. The molecule has 3 aromatic carbocycles. The number of fused-ring (bicyclic) bond motifs is 1. The molecule has 2 heterocycles. The number of nitro groups is 1. The third kappa shape index (κ3) is 4.14. The van der Waals surface area contributed by atoms with Crippen molar-refractivity contribution in [1.82, 2.24) is 5.32 Å². The number of carbonyl (C=O) groups excluding carboxylic acids is 2. The molecule has 0 aliphatic carbocycles. The number of benzene rings is 3. The number of carboxylic acid groups (broad SMARTS) is 2. The lowest BCUT2D eigenvalue weighted by molar-refractivity contribution is -0.384. The number of imide groups is 1. The largest absolute Gasteiger partial charge is 0.496 e. The van der Waals surface area contributed by atoms with E-state index in [0.29, 0.717) is 16.0 Å². The lowest BCUT2D eigenvalue weighted by atomic mass is 9.76. The molecule has 2 aliphatic rings. The van der Waals surface area contributed by atoms with Crippen LogP contribution in [-0.4, -0.2) is 51.5 Å². The molecule has 0 bridgehead atoms. The van der Waals surface area contributed by atoms with E-state index in [1.54, 1.807) is 30.3 Å². The fourth-order valence-electron chi connectivity index (χ4n) is 5.68. The Balaban J connectivity index is 1.67. The SMILES string of the molecule is COc1ccc(N2C(=O)[C@H]3[C@@H](C2=O)[C@@](Cc2ccccc2)(C(=O)O)N[C@H]3c2ccc(C(=O)O)cc2)c([N+](=O)[O-])c1. The molecule has 4 atom stereocenters. The van der Waals surface area contributed by atoms with Crippen LogP contribution < -0.4 is 15.0 Å². The first kappa shape index (κ1) is 26.5. The molecule has 0 saturated carbocycles. The summed E-state index contributed by atoms with van der Waals surface area (Å²) in [6, 6.07) is 16.8. The van der Waals surface area contributed by atoms with Crippen molar-refractivity contribution in [2.24, 2.45) is 11.8 Å². The smallest absolute Gasteiger partial charge is 0.335 e. The molecule has 12 nitrogen and oxygen atoms in total. The molecule has 3 aromatic rings. The summed E-state index contributed by atoms with van der Waals surface area (Å²) in [4.78, 5) is 64.2. The maximum Gasteiger partial charge on any atom is 0.335 e. The summed E-state index contributed by atoms with van der Waals surface area (Å²) in [7, 11) is 1.31. The molecule has 2 saturated heterocycles. The number of nitrogens with one attached hydrogen (secondary N) is 1. The number of aliphatic carboxylic acids is 1. The Morgan fingerprint density at radius 3 is 2.27 bits per heavy atom. The number of carbonyl (C=O) groups is 4. The molecule has 2 amide bonds. The van der Waals surface area contributed by atoms with E-state index in [9.17, 15) is 39.5 Å². The number of anilines is 1. The number of ether oxygens (including phenoxy) is 1. The van der Waals surface area contributed by atoms with E-state index in [0.717, 1.165) is 6.07 Å². The Kier molecular flexibility index (Phi) is 6.56. The normalized spacial score (nSPS) is 23.6. The summed E-state index contributed by atoms with van der Waals surface area (Å²) in [5.74, 6) is -6.77. The Bertz CT molecular complexity index is 1540. The molecule has 2 aliphatic heterocycles. The van der Waals surface area contributed by atoms with Crippen molar-refractivity contribution in [1.29, 1.82) is 0 Å². The van der Waals surface area contributed by atoms with Crippen LogP contribution in [0.15, 0.2) is 72.8 Å². The van der Waals surface area contributed by atoms with Gasteiger partial charge in [-0.15, -0.1) is 0 Å².